The van der Waals surface area contributed by atoms with E-state index in [-0.39, 0.29) is 17.9 Å². The number of aromatic nitrogens is 1. The number of carbonyl (C=O) groups excluding carboxylic acids is 2. The molecule has 1 aliphatic rings. The molecule has 1 aliphatic heterocycles. The highest BCUT2D eigenvalue weighted by molar-refractivity contribution is 7.13. The molecule has 3 aromatic carbocycles. The van der Waals surface area contributed by atoms with Gasteiger partial charge in [0.1, 0.15) is 17.6 Å². The second-order valence-electron chi connectivity index (χ2n) is 12.1. The molecule has 0 spiro atoms. The number of hydrogen-bond acceptors (Lipinski definition) is 7. The number of carbonyl (C=O) groups is 2. The monoisotopic (exact) mass is 657 g/mol. The Morgan fingerprint density at radius 2 is 1.77 bits per heavy atom. The molecule has 47 heavy (non-hydrogen) atoms. The average molecular weight is 658 g/mol. The summed E-state index contributed by atoms with van der Waals surface area (Å²) in [5, 5.41) is 15.3. The van der Waals surface area contributed by atoms with E-state index in [0.717, 1.165) is 60.6 Å². The molecule has 4 aromatic rings. The first-order chi connectivity index (χ1) is 22.9. The van der Waals surface area contributed by atoms with Crippen molar-refractivity contribution in [1.82, 2.24) is 14.8 Å². The number of halogens is 1. The Hall–Kier alpha value is -4.28. The zero-order chi connectivity index (χ0) is 33.2. The number of piperazine rings is 1. The number of aromatic hydroxyl groups is 1. The summed E-state index contributed by atoms with van der Waals surface area (Å²) in [5.74, 6) is -1.52. The molecule has 5 rings (SSSR count). The highest BCUT2D eigenvalue weighted by Gasteiger charge is 2.31. The van der Waals surface area contributed by atoms with Crippen LogP contribution in [0.15, 0.2) is 72.2 Å². The van der Waals surface area contributed by atoms with E-state index in [4.69, 9.17) is 0 Å². The molecule has 1 atom stereocenters. The molecule has 248 valence electrons. The van der Waals surface area contributed by atoms with Gasteiger partial charge >= 0.3 is 0 Å². The topological polar surface area (TPSA) is 89.0 Å². The molecular weight excluding hydrogens is 614 g/mol. The minimum atomic E-state index is -1.29. The highest BCUT2D eigenvalue weighted by atomic mass is 32.1. The van der Waals surface area contributed by atoms with Crippen molar-refractivity contribution >= 4 is 34.5 Å². The minimum Gasteiger partial charge on any atom is -0.508 e. The van der Waals surface area contributed by atoms with Gasteiger partial charge < -0.3 is 14.9 Å². The Labute approximate surface area is 280 Å². The number of amides is 2. The maximum Gasteiger partial charge on any atom is 0.253 e. The molecule has 1 fully saturated rings. The van der Waals surface area contributed by atoms with Gasteiger partial charge in [-0.05, 0) is 72.5 Å². The maximum atomic E-state index is 14.3. The fourth-order valence-corrected chi connectivity index (χ4v) is 6.68. The number of nitrogens with one attached hydrogen (secondary N) is 1. The number of phenols is 1. The van der Waals surface area contributed by atoms with E-state index in [1.54, 1.807) is 11.6 Å². The SMILES string of the molecule is CCCCCCCN1CCN(c2ccc(-c3ccc(CN(C=O)C(C(=O)Nc4nccs4)c4cc(F)ccc4O)c(C)c3)cc2)CC1. The lowest BCUT2D eigenvalue weighted by atomic mass is 9.98. The Morgan fingerprint density at radius 1 is 1.02 bits per heavy atom. The summed E-state index contributed by atoms with van der Waals surface area (Å²) < 4.78 is 14.3. The van der Waals surface area contributed by atoms with Gasteiger partial charge in [-0.1, -0.05) is 62.9 Å². The van der Waals surface area contributed by atoms with Gasteiger partial charge in [-0.25, -0.2) is 9.37 Å². The van der Waals surface area contributed by atoms with Crippen molar-refractivity contribution in [3.05, 3.63) is 94.7 Å². The van der Waals surface area contributed by atoms with E-state index in [2.05, 4.69) is 57.4 Å². The number of anilines is 2. The first-order valence-corrected chi connectivity index (χ1v) is 17.3. The zero-order valence-electron chi connectivity index (χ0n) is 27.2. The van der Waals surface area contributed by atoms with Gasteiger partial charge in [0.15, 0.2) is 5.13 Å². The number of hydrogen-bond donors (Lipinski definition) is 2. The number of benzene rings is 3. The molecule has 0 saturated carbocycles. The lowest BCUT2D eigenvalue weighted by Crippen LogP contribution is -2.46. The summed E-state index contributed by atoms with van der Waals surface area (Å²) in [4.78, 5) is 36.3. The molecule has 1 aromatic heterocycles. The Bertz CT molecular complexity index is 1610. The van der Waals surface area contributed by atoms with E-state index in [1.807, 2.05) is 19.1 Å². The van der Waals surface area contributed by atoms with Crippen molar-refractivity contribution in [2.75, 3.05) is 42.9 Å². The molecule has 10 heteroatoms. The smallest absolute Gasteiger partial charge is 0.253 e. The standard InChI is InChI=1S/C37H44FN5O3S/c1-3-4-5-6-7-17-41-18-20-42(21-19-41)32-13-10-28(11-14-32)29-8-9-30(27(2)23-29)25-43(26-44)35(33-24-31(38)12-15-34(33)45)36(46)40-37-39-16-22-47-37/h8-16,22-24,26,35,45H,3-7,17-21,25H2,1-2H3,(H,39,40,46). The van der Waals surface area contributed by atoms with Crippen LogP contribution < -0.4 is 10.2 Å². The predicted molar refractivity (Wildman–Crippen MR) is 187 cm³/mol. The average Bonchev–Trinajstić information content (AvgIpc) is 3.60. The van der Waals surface area contributed by atoms with Crippen LogP contribution in [0.1, 0.15) is 61.8 Å². The first kappa shape index (κ1) is 34.1. The maximum absolute atomic E-state index is 14.3. The van der Waals surface area contributed by atoms with Crippen LogP contribution in [0.3, 0.4) is 0 Å². The lowest BCUT2D eigenvalue weighted by molar-refractivity contribution is -0.130. The summed E-state index contributed by atoms with van der Waals surface area (Å²) in [5.41, 5.74) is 5.12. The van der Waals surface area contributed by atoms with Crippen LogP contribution in [-0.4, -0.2) is 64.9 Å². The van der Waals surface area contributed by atoms with Gasteiger partial charge in [-0.3, -0.25) is 19.8 Å². The van der Waals surface area contributed by atoms with Crippen molar-refractivity contribution in [2.45, 2.75) is 58.5 Å². The fourth-order valence-electron chi connectivity index (χ4n) is 6.15. The molecule has 2 heterocycles. The van der Waals surface area contributed by atoms with Crippen LogP contribution in [0.4, 0.5) is 15.2 Å². The number of nitrogens with zero attached hydrogens (tertiary/aromatic N) is 4. The van der Waals surface area contributed by atoms with Crippen LogP contribution in [0.5, 0.6) is 5.75 Å². The van der Waals surface area contributed by atoms with E-state index in [1.165, 1.54) is 66.6 Å². The van der Waals surface area contributed by atoms with Crippen LogP contribution in [0.2, 0.25) is 0 Å². The molecule has 1 unspecified atom stereocenters. The quantitative estimate of drug-likeness (QED) is 0.102. The van der Waals surface area contributed by atoms with Gasteiger partial charge in [0.2, 0.25) is 6.41 Å². The molecule has 2 amide bonds. The van der Waals surface area contributed by atoms with Crippen molar-refractivity contribution in [3.63, 3.8) is 0 Å². The third kappa shape index (κ3) is 8.96. The number of thiazole rings is 1. The van der Waals surface area contributed by atoms with Crippen molar-refractivity contribution < 1.29 is 19.1 Å². The van der Waals surface area contributed by atoms with Crippen LogP contribution >= 0.6 is 11.3 Å². The zero-order valence-corrected chi connectivity index (χ0v) is 28.0. The van der Waals surface area contributed by atoms with Crippen LogP contribution in [0, 0.1) is 12.7 Å². The molecule has 2 N–H and O–H groups in total. The molecular formula is C37H44FN5O3S. The van der Waals surface area contributed by atoms with Crippen molar-refractivity contribution in [2.24, 2.45) is 0 Å². The van der Waals surface area contributed by atoms with Gasteiger partial charge in [0.25, 0.3) is 5.91 Å². The predicted octanol–water partition coefficient (Wildman–Crippen LogP) is 7.39. The number of phenolic OH excluding ortho intramolecular Hbond substituents is 1. The summed E-state index contributed by atoms with van der Waals surface area (Å²) in [6.45, 7) is 9.75. The van der Waals surface area contributed by atoms with Crippen LogP contribution in [0.25, 0.3) is 11.1 Å². The van der Waals surface area contributed by atoms with E-state index in [0.29, 0.717) is 11.5 Å². The van der Waals surface area contributed by atoms with Crippen LogP contribution in [-0.2, 0) is 16.1 Å². The highest BCUT2D eigenvalue weighted by Crippen LogP contribution is 2.33. The summed E-state index contributed by atoms with van der Waals surface area (Å²) >= 11 is 1.22. The first-order valence-electron chi connectivity index (χ1n) is 16.4. The molecule has 0 bridgehead atoms. The van der Waals surface area contributed by atoms with E-state index >= 15 is 0 Å². The minimum absolute atomic E-state index is 0.00987. The molecule has 1 saturated heterocycles. The van der Waals surface area contributed by atoms with E-state index < -0.39 is 17.8 Å². The third-order valence-corrected chi connectivity index (χ3v) is 9.56. The molecule has 0 radical (unpaired) electrons. The fraction of sp³-hybridized carbons (Fsp3) is 0.378. The van der Waals surface area contributed by atoms with Gasteiger partial charge in [-0.15, -0.1) is 11.3 Å². The second kappa shape index (κ2) is 16.5. The molecule has 8 nitrogen and oxygen atoms in total. The van der Waals surface area contributed by atoms with Crippen molar-refractivity contribution in [1.29, 1.82) is 0 Å². The Morgan fingerprint density at radius 3 is 2.45 bits per heavy atom. The largest absolute Gasteiger partial charge is 0.508 e. The van der Waals surface area contributed by atoms with Gasteiger partial charge in [0, 0.05) is 55.6 Å². The Balaban J connectivity index is 1.25. The van der Waals surface area contributed by atoms with E-state index in [9.17, 15) is 19.1 Å². The number of unbranched alkanes of at least 4 members (excludes halogenated alkanes) is 4. The van der Waals surface area contributed by atoms with Gasteiger partial charge in [-0.2, -0.15) is 0 Å². The van der Waals surface area contributed by atoms with Gasteiger partial charge in [0.05, 0.1) is 0 Å². The normalized spacial score (nSPS) is 14.1. The summed E-state index contributed by atoms with van der Waals surface area (Å²) in [7, 11) is 0. The summed E-state index contributed by atoms with van der Waals surface area (Å²) in [6.07, 6.45) is 8.68. The van der Waals surface area contributed by atoms with Crippen molar-refractivity contribution in [3.8, 4) is 16.9 Å². The number of aryl methyl sites for hydroxylation is 1. The Kier molecular flexibility index (Phi) is 12.0. The lowest BCUT2D eigenvalue weighted by Gasteiger charge is -2.36. The third-order valence-electron chi connectivity index (χ3n) is 8.87. The number of rotatable bonds is 15. The second-order valence-corrected chi connectivity index (χ2v) is 13.0. The molecule has 0 aliphatic carbocycles. The summed E-state index contributed by atoms with van der Waals surface area (Å²) in [6, 6.07) is 16.7.